The highest BCUT2D eigenvalue weighted by atomic mass is 32.2. The Balaban J connectivity index is 1.73. The van der Waals surface area contributed by atoms with Crippen LogP contribution in [0.1, 0.15) is 19.8 Å². The van der Waals surface area contributed by atoms with Crippen molar-refractivity contribution >= 4 is 40.8 Å². The molecule has 2 aromatic carbocycles. The van der Waals surface area contributed by atoms with E-state index in [1.165, 1.54) is 53.6 Å². The maximum absolute atomic E-state index is 14.6. The molecule has 1 aliphatic rings. The Kier molecular flexibility index (Phi) is 7.43. The van der Waals surface area contributed by atoms with Gasteiger partial charge in [-0.15, -0.1) is 0 Å². The number of sulfone groups is 1. The fourth-order valence-corrected chi connectivity index (χ4v) is 9.25. The Bertz CT molecular complexity index is 1740. The summed E-state index contributed by atoms with van der Waals surface area (Å²) in [4.78, 5) is -1.28. The van der Waals surface area contributed by atoms with Crippen LogP contribution in [0, 0.1) is 11.2 Å². The number of halogens is 4. The van der Waals surface area contributed by atoms with Crippen LogP contribution in [-0.4, -0.2) is 59.3 Å². The van der Waals surface area contributed by atoms with Crippen molar-refractivity contribution in [3.05, 3.63) is 54.3 Å². The maximum atomic E-state index is 14.6. The van der Waals surface area contributed by atoms with Gasteiger partial charge in [0.2, 0.25) is 9.84 Å². The lowest BCUT2D eigenvalue weighted by atomic mass is 9.81. The van der Waals surface area contributed by atoms with E-state index in [0.717, 1.165) is 16.4 Å². The molecule has 9 nitrogen and oxygen atoms in total. The lowest BCUT2D eigenvalue weighted by molar-refractivity contribution is -0.0450. The number of nitrogens with one attached hydrogen (secondary N) is 1. The molecule has 0 unspecified atom stereocenters. The first-order valence-electron chi connectivity index (χ1n) is 11.6. The summed E-state index contributed by atoms with van der Waals surface area (Å²) in [7, 11) is -13.4. The zero-order valence-corrected chi connectivity index (χ0v) is 23.2. The second kappa shape index (κ2) is 9.83. The molecule has 0 atom stereocenters. The van der Waals surface area contributed by atoms with Crippen LogP contribution in [0.2, 0.25) is 0 Å². The first kappa shape index (κ1) is 29.5. The first-order chi connectivity index (χ1) is 17.9. The third-order valence-electron chi connectivity index (χ3n) is 6.91. The highest BCUT2D eigenvalue weighted by Crippen LogP contribution is 2.40. The average Bonchev–Trinajstić information content (AvgIpc) is 3.17. The second-order valence-electron chi connectivity index (χ2n) is 9.63. The monoisotopic (exact) mass is 611 g/mol. The second-order valence-corrected chi connectivity index (χ2v) is 15.1. The number of nitrogens with zero attached hydrogens (tertiary/aromatic N) is 2. The van der Waals surface area contributed by atoms with Gasteiger partial charge in [0.05, 0.1) is 5.52 Å². The molecule has 214 valence electrons. The van der Waals surface area contributed by atoms with Crippen molar-refractivity contribution in [1.82, 2.24) is 13.6 Å². The molecule has 16 heteroatoms. The summed E-state index contributed by atoms with van der Waals surface area (Å²) in [5, 5.41) is -0.501. The minimum Gasteiger partial charge on any atom is -0.332 e. The van der Waals surface area contributed by atoms with Gasteiger partial charge in [-0.3, -0.25) is 0 Å². The van der Waals surface area contributed by atoms with Crippen molar-refractivity contribution in [1.29, 1.82) is 0 Å². The number of benzene rings is 2. The molecule has 0 bridgehead atoms. The molecule has 3 aromatic rings. The number of rotatable bonds is 7. The Hall–Kier alpha value is -2.53. The fourth-order valence-electron chi connectivity index (χ4n) is 4.57. The molecule has 0 spiro atoms. The van der Waals surface area contributed by atoms with Crippen LogP contribution in [-0.2, 0) is 36.9 Å². The van der Waals surface area contributed by atoms with Crippen LogP contribution in [0.5, 0.6) is 0 Å². The number of hydrogen-bond acceptors (Lipinski definition) is 6. The van der Waals surface area contributed by atoms with E-state index in [0.29, 0.717) is 0 Å². The predicted octanol–water partition coefficient (Wildman–Crippen LogP) is 3.38. The van der Waals surface area contributed by atoms with Crippen LogP contribution < -0.4 is 4.72 Å². The molecule has 1 aromatic heterocycles. The Morgan fingerprint density at radius 3 is 2.08 bits per heavy atom. The van der Waals surface area contributed by atoms with Crippen LogP contribution >= 0.6 is 0 Å². The minimum atomic E-state index is -5.58. The van der Waals surface area contributed by atoms with Crippen LogP contribution in [0.3, 0.4) is 0 Å². The number of aromatic nitrogens is 1. The zero-order chi connectivity index (χ0) is 29.0. The molecular weight excluding hydrogens is 586 g/mol. The van der Waals surface area contributed by atoms with E-state index >= 15 is 0 Å². The maximum Gasteiger partial charge on any atom is 0.511 e. The number of piperidine rings is 1. The minimum absolute atomic E-state index is 0.00799. The van der Waals surface area contributed by atoms with Gasteiger partial charge in [0.25, 0.3) is 10.0 Å². The van der Waals surface area contributed by atoms with Gasteiger partial charge in [-0.2, -0.15) is 17.5 Å². The van der Waals surface area contributed by atoms with Gasteiger partial charge in [0.1, 0.15) is 15.6 Å². The number of para-hydroxylation sites is 1. The van der Waals surface area contributed by atoms with Crippen molar-refractivity contribution in [2.24, 2.45) is 12.5 Å². The predicted molar refractivity (Wildman–Crippen MR) is 134 cm³/mol. The molecule has 0 amide bonds. The van der Waals surface area contributed by atoms with Crippen molar-refractivity contribution in [2.75, 3.05) is 19.6 Å². The lowest BCUT2D eigenvalue weighted by Gasteiger charge is -2.38. The number of hydrogen-bond donors (Lipinski definition) is 1. The van der Waals surface area contributed by atoms with E-state index in [2.05, 4.69) is 0 Å². The number of aryl methyl sites for hydroxylation is 1. The van der Waals surface area contributed by atoms with E-state index in [4.69, 9.17) is 0 Å². The third-order valence-corrected chi connectivity index (χ3v) is 12.0. The summed E-state index contributed by atoms with van der Waals surface area (Å²) >= 11 is 0. The van der Waals surface area contributed by atoms with Gasteiger partial charge in [-0.25, -0.2) is 34.4 Å². The third kappa shape index (κ3) is 5.19. The summed E-state index contributed by atoms with van der Waals surface area (Å²) < 4.78 is 135. The smallest absolute Gasteiger partial charge is 0.332 e. The van der Waals surface area contributed by atoms with E-state index in [1.54, 1.807) is 6.07 Å². The molecule has 0 radical (unpaired) electrons. The highest BCUT2D eigenvalue weighted by Gasteiger charge is 2.47. The van der Waals surface area contributed by atoms with E-state index in [9.17, 15) is 42.8 Å². The number of alkyl halides is 3. The number of fused-ring (bicyclic) bond motifs is 1. The molecule has 1 saturated heterocycles. The van der Waals surface area contributed by atoms with E-state index in [1.807, 2.05) is 0 Å². The fraction of sp³-hybridized carbons (Fsp3) is 0.391. The van der Waals surface area contributed by atoms with Crippen molar-refractivity contribution in [3.8, 4) is 0 Å². The highest BCUT2D eigenvalue weighted by molar-refractivity contribution is 7.93. The molecule has 0 saturated carbocycles. The summed E-state index contributed by atoms with van der Waals surface area (Å²) in [6.45, 7) is 0.533. The zero-order valence-electron chi connectivity index (χ0n) is 20.7. The van der Waals surface area contributed by atoms with E-state index in [-0.39, 0.29) is 36.8 Å². The van der Waals surface area contributed by atoms with Crippen LogP contribution in [0.4, 0.5) is 17.6 Å². The van der Waals surface area contributed by atoms with Gasteiger partial charge in [0, 0.05) is 32.1 Å². The first-order valence-corrected chi connectivity index (χ1v) is 16.0. The molecule has 1 fully saturated rings. The molecule has 1 aliphatic heterocycles. The molecule has 1 N–H and O–H groups in total. The molecule has 39 heavy (non-hydrogen) atoms. The molecule has 2 heterocycles. The topological polar surface area (TPSA) is 123 Å². The summed E-state index contributed by atoms with van der Waals surface area (Å²) in [6.07, 6.45) is -0.0160. The average molecular weight is 612 g/mol. The Labute approximate surface area is 223 Å². The van der Waals surface area contributed by atoms with E-state index < -0.39 is 68.0 Å². The number of sulfonamides is 2. The standard InChI is InChI=1S/C23H25F4N3O6S3/c1-22(15-28-39(35,36)23(25,26)27)11-13-30(14-12-22)38(33,34)21-20(16-7-3-5-9-18(16)29(21)2)37(31,32)19-10-6-4-8-17(19)24/h3-10,28H,11-15H2,1-2H3. The van der Waals surface area contributed by atoms with Gasteiger partial charge < -0.3 is 4.57 Å². The molecule has 0 aliphatic carbocycles. The van der Waals surface area contributed by atoms with Crippen molar-refractivity contribution in [2.45, 2.75) is 40.1 Å². The Morgan fingerprint density at radius 2 is 1.49 bits per heavy atom. The van der Waals surface area contributed by atoms with Gasteiger partial charge in [-0.1, -0.05) is 37.3 Å². The molecular formula is C23H25F4N3O6S3. The van der Waals surface area contributed by atoms with Gasteiger partial charge in [-0.05, 0) is 36.5 Å². The largest absolute Gasteiger partial charge is 0.511 e. The quantitative estimate of drug-likeness (QED) is 0.409. The van der Waals surface area contributed by atoms with Crippen molar-refractivity contribution < 1.29 is 42.8 Å². The summed E-state index contributed by atoms with van der Waals surface area (Å²) in [5.41, 5.74) is -6.21. The van der Waals surface area contributed by atoms with Crippen molar-refractivity contribution in [3.63, 3.8) is 0 Å². The van der Waals surface area contributed by atoms with Gasteiger partial charge >= 0.3 is 15.5 Å². The van der Waals surface area contributed by atoms with Gasteiger partial charge in [0.15, 0.2) is 5.03 Å². The molecule has 4 rings (SSSR count). The Morgan fingerprint density at radius 1 is 0.923 bits per heavy atom. The van der Waals surface area contributed by atoms with Crippen LogP contribution in [0.25, 0.3) is 10.9 Å². The van der Waals surface area contributed by atoms with Crippen LogP contribution in [0.15, 0.2) is 63.3 Å². The SMILES string of the molecule is Cn1c(S(=O)(=O)N2CCC(C)(CNS(=O)(=O)C(F)(F)F)CC2)c(S(=O)(=O)c2ccccc2F)c2ccccc21. The normalized spacial score (nSPS) is 17.5. The lowest BCUT2D eigenvalue weighted by Crippen LogP contribution is -2.48. The summed E-state index contributed by atoms with van der Waals surface area (Å²) in [5.74, 6) is -1.05. The summed E-state index contributed by atoms with van der Waals surface area (Å²) in [6, 6.07) is 10.7.